The van der Waals surface area contributed by atoms with Gasteiger partial charge >= 0.3 is 6.18 Å². The molecule has 2 fully saturated rings. The van der Waals surface area contributed by atoms with Gasteiger partial charge in [-0.15, -0.1) is 12.4 Å². The van der Waals surface area contributed by atoms with Gasteiger partial charge in [-0.2, -0.15) is 13.2 Å². The summed E-state index contributed by atoms with van der Waals surface area (Å²) in [6.45, 7) is 3.52. The molecular formula is C17H23ClF3N3O. The molecule has 3 rings (SSSR count). The number of piperazine rings is 1. The van der Waals surface area contributed by atoms with Crippen molar-refractivity contribution in [2.24, 2.45) is 5.92 Å². The van der Waals surface area contributed by atoms with Crippen molar-refractivity contribution < 1.29 is 18.0 Å². The molecule has 1 aromatic carbocycles. The highest BCUT2D eigenvalue weighted by molar-refractivity contribution is 5.85. The Morgan fingerprint density at radius 1 is 1.20 bits per heavy atom. The molecule has 2 atom stereocenters. The van der Waals surface area contributed by atoms with Gasteiger partial charge in [0.15, 0.2) is 0 Å². The predicted molar refractivity (Wildman–Crippen MR) is 91.6 cm³/mol. The highest BCUT2D eigenvalue weighted by atomic mass is 35.5. The van der Waals surface area contributed by atoms with Gasteiger partial charge in [-0.05, 0) is 43.5 Å². The smallest absolute Gasteiger partial charge is 0.353 e. The zero-order valence-electron chi connectivity index (χ0n) is 13.8. The Balaban J connectivity index is 0.00000225. The van der Waals surface area contributed by atoms with Crippen LogP contribution >= 0.6 is 12.4 Å². The van der Waals surface area contributed by atoms with E-state index in [4.69, 9.17) is 0 Å². The van der Waals surface area contributed by atoms with Gasteiger partial charge < -0.3 is 10.6 Å². The second kappa shape index (κ2) is 8.38. The Hall–Kier alpha value is -1.31. The Bertz CT molecular complexity index is 591. The third-order valence-electron chi connectivity index (χ3n) is 4.76. The van der Waals surface area contributed by atoms with Gasteiger partial charge in [0.25, 0.3) is 0 Å². The summed E-state index contributed by atoms with van der Waals surface area (Å²) in [5.74, 6) is 0.0203. The van der Waals surface area contributed by atoms with Crippen molar-refractivity contribution in [2.75, 3.05) is 32.7 Å². The van der Waals surface area contributed by atoms with Crippen molar-refractivity contribution in [1.29, 1.82) is 0 Å². The third kappa shape index (κ3) is 4.65. The van der Waals surface area contributed by atoms with E-state index in [-0.39, 0.29) is 23.9 Å². The minimum atomic E-state index is -4.47. The maximum atomic E-state index is 13.4. The minimum absolute atomic E-state index is 0. The molecule has 2 aliphatic rings. The monoisotopic (exact) mass is 377 g/mol. The molecule has 1 amide bonds. The fourth-order valence-corrected chi connectivity index (χ4v) is 3.65. The van der Waals surface area contributed by atoms with E-state index < -0.39 is 17.8 Å². The third-order valence-corrected chi connectivity index (χ3v) is 4.76. The number of rotatable bonds is 3. The van der Waals surface area contributed by atoms with Crippen molar-refractivity contribution in [3.8, 4) is 0 Å². The quantitative estimate of drug-likeness (QED) is 0.851. The number of amides is 1. The number of nitrogens with one attached hydrogen (secondary N) is 2. The van der Waals surface area contributed by atoms with Crippen LogP contribution in [0, 0.1) is 5.92 Å². The molecule has 0 saturated carbocycles. The molecule has 2 N–H and O–H groups in total. The molecule has 2 saturated heterocycles. The van der Waals surface area contributed by atoms with Crippen LogP contribution in [0.15, 0.2) is 24.3 Å². The highest BCUT2D eigenvalue weighted by Gasteiger charge is 2.40. The molecule has 8 heteroatoms. The average molecular weight is 378 g/mol. The largest absolute Gasteiger partial charge is 0.416 e. The lowest BCUT2D eigenvalue weighted by molar-refractivity contribution is -0.140. The number of carbonyl (C=O) groups is 1. The van der Waals surface area contributed by atoms with Crippen molar-refractivity contribution in [3.63, 3.8) is 0 Å². The van der Waals surface area contributed by atoms with E-state index in [9.17, 15) is 18.0 Å². The number of halogens is 4. The van der Waals surface area contributed by atoms with Crippen LogP contribution in [0.25, 0.3) is 0 Å². The summed E-state index contributed by atoms with van der Waals surface area (Å²) in [5, 5.41) is 6.03. The van der Waals surface area contributed by atoms with Crippen LogP contribution in [0.2, 0.25) is 0 Å². The summed E-state index contributed by atoms with van der Waals surface area (Å²) in [7, 11) is 0. The van der Waals surface area contributed by atoms with Gasteiger partial charge in [0, 0.05) is 19.6 Å². The fraction of sp³-hybridized carbons (Fsp3) is 0.588. The summed E-state index contributed by atoms with van der Waals surface area (Å²) in [6, 6.07) is 4.52. The lowest BCUT2D eigenvalue weighted by Crippen LogP contribution is -2.52. The summed E-state index contributed by atoms with van der Waals surface area (Å²) in [4.78, 5) is 14.3. The van der Waals surface area contributed by atoms with Crippen molar-refractivity contribution in [2.45, 2.75) is 25.1 Å². The summed E-state index contributed by atoms with van der Waals surface area (Å²) in [6.07, 6.45) is -2.36. The molecule has 4 nitrogen and oxygen atoms in total. The van der Waals surface area contributed by atoms with E-state index in [1.807, 2.05) is 4.90 Å². The number of carbonyl (C=O) groups excluding carboxylic acids is 1. The first-order valence-corrected chi connectivity index (χ1v) is 8.35. The topological polar surface area (TPSA) is 44.4 Å². The number of hydrogen-bond acceptors (Lipinski definition) is 3. The van der Waals surface area contributed by atoms with Gasteiger partial charge in [0.2, 0.25) is 5.91 Å². The van der Waals surface area contributed by atoms with Gasteiger partial charge in [0.05, 0.1) is 5.56 Å². The lowest BCUT2D eigenvalue weighted by atomic mass is 9.93. The van der Waals surface area contributed by atoms with E-state index in [2.05, 4.69) is 10.6 Å². The molecule has 2 aliphatic heterocycles. The van der Waals surface area contributed by atoms with E-state index in [1.54, 1.807) is 6.07 Å². The molecule has 0 radical (unpaired) electrons. The maximum Gasteiger partial charge on any atom is 0.416 e. The van der Waals surface area contributed by atoms with Crippen LogP contribution in [0.1, 0.15) is 30.0 Å². The van der Waals surface area contributed by atoms with Crippen molar-refractivity contribution in [1.82, 2.24) is 15.5 Å². The first-order valence-electron chi connectivity index (χ1n) is 8.35. The molecule has 25 heavy (non-hydrogen) atoms. The van der Waals surface area contributed by atoms with Crippen LogP contribution in [-0.2, 0) is 11.0 Å². The second-order valence-corrected chi connectivity index (χ2v) is 6.49. The van der Waals surface area contributed by atoms with Gasteiger partial charge in [-0.3, -0.25) is 9.69 Å². The number of nitrogens with zero attached hydrogens (tertiary/aromatic N) is 1. The zero-order chi connectivity index (χ0) is 17.2. The molecule has 2 unspecified atom stereocenters. The SMILES string of the molecule is Cl.O=C1NCCN(CC2CCCNC2)C1c1ccccc1C(F)(F)F. The van der Waals surface area contributed by atoms with E-state index in [0.29, 0.717) is 25.6 Å². The van der Waals surface area contributed by atoms with Gasteiger partial charge in [-0.25, -0.2) is 0 Å². The van der Waals surface area contributed by atoms with E-state index in [1.165, 1.54) is 12.1 Å². The van der Waals surface area contributed by atoms with Gasteiger partial charge in [0.1, 0.15) is 6.04 Å². The molecule has 0 bridgehead atoms. The molecular weight excluding hydrogens is 355 g/mol. The van der Waals surface area contributed by atoms with Crippen LogP contribution in [0.5, 0.6) is 0 Å². The molecule has 0 spiro atoms. The van der Waals surface area contributed by atoms with E-state index in [0.717, 1.165) is 32.0 Å². The normalized spacial score (nSPS) is 25.2. The summed E-state index contributed by atoms with van der Waals surface area (Å²) in [5.41, 5.74) is -0.676. The van der Waals surface area contributed by atoms with Crippen molar-refractivity contribution >= 4 is 18.3 Å². The second-order valence-electron chi connectivity index (χ2n) is 6.49. The number of piperidine rings is 1. The number of hydrogen-bond donors (Lipinski definition) is 2. The Morgan fingerprint density at radius 3 is 2.64 bits per heavy atom. The van der Waals surface area contributed by atoms with Crippen LogP contribution < -0.4 is 10.6 Å². The van der Waals surface area contributed by atoms with Crippen LogP contribution in [0.4, 0.5) is 13.2 Å². The lowest BCUT2D eigenvalue weighted by Gasteiger charge is -2.39. The standard InChI is InChI=1S/C17H22F3N3O.ClH/c18-17(19,20)14-6-2-1-5-13(14)15-16(24)22-8-9-23(15)11-12-4-3-7-21-10-12;/h1-2,5-6,12,15,21H,3-4,7-11H2,(H,22,24);1H. The average Bonchev–Trinajstić information content (AvgIpc) is 2.55. The first-order chi connectivity index (χ1) is 11.5. The first kappa shape index (κ1) is 20.0. The van der Waals surface area contributed by atoms with E-state index >= 15 is 0 Å². The Morgan fingerprint density at radius 2 is 1.96 bits per heavy atom. The van der Waals surface area contributed by atoms with Gasteiger partial charge in [-0.1, -0.05) is 18.2 Å². The number of benzene rings is 1. The zero-order valence-corrected chi connectivity index (χ0v) is 14.6. The minimum Gasteiger partial charge on any atom is -0.353 e. The summed E-state index contributed by atoms with van der Waals surface area (Å²) < 4.78 is 40.1. The molecule has 2 heterocycles. The van der Waals surface area contributed by atoms with Crippen LogP contribution in [0.3, 0.4) is 0 Å². The Kier molecular flexibility index (Phi) is 6.71. The highest BCUT2D eigenvalue weighted by Crippen LogP contribution is 2.37. The molecule has 0 aliphatic carbocycles. The van der Waals surface area contributed by atoms with Crippen LogP contribution in [-0.4, -0.2) is 43.5 Å². The fourth-order valence-electron chi connectivity index (χ4n) is 3.65. The maximum absolute atomic E-state index is 13.4. The molecule has 140 valence electrons. The Labute approximate surface area is 151 Å². The predicted octanol–water partition coefficient (Wildman–Crippen LogP) is 2.60. The molecule has 1 aromatic rings. The molecule has 0 aromatic heterocycles. The number of alkyl halides is 3. The summed E-state index contributed by atoms with van der Waals surface area (Å²) >= 11 is 0. The van der Waals surface area contributed by atoms with Crippen molar-refractivity contribution in [3.05, 3.63) is 35.4 Å².